The van der Waals surface area contributed by atoms with Gasteiger partial charge in [-0.3, -0.25) is 9.59 Å². The van der Waals surface area contributed by atoms with Gasteiger partial charge in [0.1, 0.15) is 6.04 Å². The number of carbonyl (C=O) groups excluding carboxylic acids is 2. The van der Waals surface area contributed by atoms with Gasteiger partial charge in [-0.05, 0) is 26.3 Å². The summed E-state index contributed by atoms with van der Waals surface area (Å²) in [6.45, 7) is 1.96. The summed E-state index contributed by atoms with van der Waals surface area (Å²) in [5, 5.41) is 11.4. The predicted octanol–water partition coefficient (Wildman–Crippen LogP) is -1.58. The zero-order chi connectivity index (χ0) is 12.6. The van der Waals surface area contributed by atoms with Gasteiger partial charge in [-0.2, -0.15) is 0 Å². The maximum atomic E-state index is 11.5. The van der Waals surface area contributed by atoms with Crippen LogP contribution in [-0.2, 0) is 9.59 Å². The van der Waals surface area contributed by atoms with Crippen molar-refractivity contribution in [1.29, 1.82) is 0 Å². The van der Waals surface area contributed by atoms with Crippen molar-refractivity contribution >= 4 is 12.2 Å². The minimum Gasteiger partial charge on any atom is -0.391 e. The highest BCUT2D eigenvalue weighted by Crippen LogP contribution is 1.99. The van der Waals surface area contributed by atoms with Crippen LogP contribution in [0.2, 0.25) is 0 Å². The highest BCUT2D eigenvalue weighted by atomic mass is 16.3. The SMILES string of the molecule is C[C@@H](O)[C@@H]([C]=O)NC(=O)[C@@H](N)CCCCN. The molecule has 6 N–H and O–H groups in total. The Bertz CT molecular complexity index is 221. The number of aliphatic hydroxyl groups excluding tert-OH is 1. The number of rotatable bonds is 8. The molecule has 0 aromatic rings. The summed E-state index contributed by atoms with van der Waals surface area (Å²) in [4.78, 5) is 21.9. The van der Waals surface area contributed by atoms with E-state index in [1.807, 2.05) is 0 Å². The third-order valence-electron chi connectivity index (χ3n) is 2.21. The molecule has 1 amide bonds. The van der Waals surface area contributed by atoms with Crippen LogP contribution in [0.5, 0.6) is 0 Å². The Hall–Kier alpha value is -0.980. The molecular weight excluding hydrogens is 210 g/mol. The lowest BCUT2D eigenvalue weighted by Crippen LogP contribution is -2.49. The average Bonchev–Trinajstić information content (AvgIpc) is 2.25. The van der Waals surface area contributed by atoms with E-state index in [2.05, 4.69) is 5.32 Å². The molecule has 0 fully saturated rings. The quantitative estimate of drug-likeness (QED) is 0.375. The lowest BCUT2D eigenvalue weighted by Gasteiger charge is -2.17. The molecule has 0 aliphatic carbocycles. The summed E-state index contributed by atoms with van der Waals surface area (Å²) in [5.41, 5.74) is 10.9. The monoisotopic (exact) mass is 230 g/mol. The fourth-order valence-corrected chi connectivity index (χ4v) is 1.15. The molecule has 0 aromatic carbocycles. The summed E-state index contributed by atoms with van der Waals surface area (Å²) < 4.78 is 0. The van der Waals surface area contributed by atoms with Gasteiger partial charge in [-0.25, -0.2) is 0 Å². The second-order valence-corrected chi connectivity index (χ2v) is 3.74. The normalized spacial score (nSPS) is 16.2. The molecule has 3 atom stereocenters. The number of nitrogens with two attached hydrogens (primary N) is 2. The van der Waals surface area contributed by atoms with Crippen LogP contribution in [0.15, 0.2) is 0 Å². The van der Waals surface area contributed by atoms with E-state index in [0.717, 1.165) is 12.8 Å². The van der Waals surface area contributed by atoms with Gasteiger partial charge in [0.15, 0.2) is 0 Å². The zero-order valence-corrected chi connectivity index (χ0v) is 9.48. The van der Waals surface area contributed by atoms with E-state index in [9.17, 15) is 9.59 Å². The Morgan fingerprint density at radius 2 is 2.12 bits per heavy atom. The van der Waals surface area contributed by atoms with Crippen LogP contribution in [0.1, 0.15) is 26.2 Å². The van der Waals surface area contributed by atoms with Gasteiger partial charge in [-0.1, -0.05) is 6.42 Å². The van der Waals surface area contributed by atoms with E-state index in [1.54, 1.807) is 6.29 Å². The molecule has 0 bridgehead atoms. The lowest BCUT2D eigenvalue weighted by molar-refractivity contribution is -0.123. The van der Waals surface area contributed by atoms with Crippen molar-refractivity contribution in [2.45, 2.75) is 44.4 Å². The van der Waals surface area contributed by atoms with Crippen molar-refractivity contribution in [3.63, 3.8) is 0 Å². The van der Waals surface area contributed by atoms with Crippen LogP contribution in [0.3, 0.4) is 0 Å². The van der Waals surface area contributed by atoms with Crippen molar-refractivity contribution in [3.05, 3.63) is 0 Å². The molecule has 0 heterocycles. The average molecular weight is 230 g/mol. The topological polar surface area (TPSA) is 118 Å². The minimum absolute atomic E-state index is 0.453. The molecule has 0 saturated heterocycles. The summed E-state index contributed by atoms with van der Waals surface area (Å²) in [6, 6.07) is -1.70. The fourth-order valence-electron chi connectivity index (χ4n) is 1.15. The molecule has 0 aliphatic heterocycles. The molecule has 93 valence electrons. The van der Waals surface area contributed by atoms with Crippen molar-refractivity contribution in [2.24, 2.45) is 11.5 Å². The number of unbranched alkanes of at least 4 members (excludes halogenated alkanes) is 1. The Kier molecular flexibility index (Phi) is 7.70. The highest BCUT2D eigenvalue weighted by Gasteiger charge is 2.21. The van der Waals surface area contributed by atoms with Gasteiger partial charge in [0.25, 0.3) is 0 Å². The summed E-state index contributed by atoms with van der Waals surface area (Å²) in [6.07, 6.45) is 2.65. The lowest BCUT2D eigenvalue weighted by atomic mass is 10.1. The van der Waals surface area contributed by atoms with Crippen molar-refractivity contribution in [2.75, 3.05) is 6.54 Å². The Morgan fingerprint density at radius 1 is 1.50 bits per heavy atom. The van der Waals surface area contributed by atoms with E-state index < -0.39 is 24.1 Å². The molecule has 0 unspecified atom stereocenters. The molecule has 6 nitrogen and oxygen atoms in total. The maximum absolute atomic E-state index is 11.5. The number of hydrogen-bond donors (Lipinski definition) is 4. The van der Waals surface area contributed by atoms with Crippen LogP contribution < -0.4 is 16.8 Å². The Labute approximate surface area is 95.4 Å². The maximum Gasteiger partial charge on any atom is 0.237 e. The molecule has 0 rings (SSSR count). The molecule has 6 heteroatoms. The van der Waals surface area contributed by atoms with Crippen LogP contribution in [-0.4, -0.2) is 42.0 Å². The van der Waals surface area contributed by atoms with Crippen molar-refractivity contribution in [3.8, 4) is 0 Å². The molecule has 0 spiro atoms. The number of carbonyl (C=O) groups is 1. The minimum atomic E-state index is -1.02. The molecule has 1 radical (unpaired) electrons. The third-order valence-corrected chi connectivity index (χ3v) is 2.21. The van der Waals surface area contributed by atoms with Crippen LogP contribution in [0, 0.1) is 0 Å². The second kappa shape index (κ2) is 8.20. The number of hydrogen-bond acceptors (Lipinski definition) is 5. The van der Waals surface area contributed by atoms with Gasteiger partial charge in [-0.15, -0.1) is 0 Å². The first-order chi connectivity index (χ1) is 7.52. The summed E-state index contributed by atoms with van der Waals surface area (Å²) in [7, 11) is 0. The number of amides is 1. The Balaban J connectivity index is 3.98. The van der Waals surface area contributed by atoms with E-state index in [4.69, 9.17) is 16.6 Å². The number of aliphatic hydroxyl groups is 1. The third kappa shape index (κ3) is 5.79. The largest absolute Gasteiger partial charge is 0.391 e. The first kappa shape index (κ1) is 15.0. The van der Waals surface area contributed by atoms with Crippen LogP contribution in [0.25, 0.3) is 0 Å². The molecule has 0 saturated carbocycles. The second-order valence-electron chi connectivity index (χ2n) is 3.74. The summed E-state index contributed by atoms with van der Waals surface area (Å²) >= 11 is 0. The van der Waals surface area contributed by atoms with Crippen LogP contribution in [0.4, 0.5) is 0 Å². The first-order valence-corrected chi connectivity index (χ1v) is 5.34. The number of nitrogens with one attached hydrogen (secondary N) is 1. The fraction of sp³-hybridized carbons (Fsp3) is 0.800. The van der Waals surface area contributed by atoms with E-state index in [1.165, 1.54) is 6.92 Å². The van der Waals surface area contributed by atoms with Gasteiger partial charge in [0.2, 0.25) is 12.2 Å². The van der Waals surface area contributed by atoms with Gasteiger partial charge >= 0.3 is 0 Å². The molecular formula is C10H20N3O3. The highest BCUT2D eigenvalue weighted by molar-refractivity contribution is 5.84. The van der Waals surface area contributed by atoms with E-state index in [0.29, 0.717) is 13.0 Å². The van der Waals surface area contributed by atoms with E-state index in [-0.39, 0.29) is 0 Å². The molecule has 0 aromatic heterocycles. The molecule has 16 heavy (non-hydrogen) atoms. The van der Waals surface area contributed by atoms with Gasteiger partial charge < -0.3 is 21.9 Å². The zero-order valence-electron chi connectivity index (χ0n) is 9.48. The summed E-state index contributed by atoms with van der Waals surface area (Å²) in [5.74, 6) is -0.453. The predicted molar refractivity (Wildman–Crippen MR) is 60.2 cm³/mol. The molecule has 0 aliphatic rings. The van der Waals surface area contributed by atoms with E-state index >= 15 is 0 Å². The standard InChI is InChI=1S/C10H20N3O3/c1-7(15)9(6-14)13-10(16)8(12)4-2-3-5-11/h7-9,15H,2-5,11-12H2,1H3,(H,13,16)/t7-,8+,9-/m1/s1. The first-order valence-electron chi connectivity index (χ1n) is 5.34. The smallest absolute Gasteiger partial charge is 0.237 e. The van der Waals surface area contributed by atoms with Gasteiger partial charge in [0, 0.05) is 0 Å². The van der Waals surface area contributed by atoms with Crippen molar-refractivity contribution < 1.29 is 14.7 Å². The van der Waals surface area contributed by atoms with Crippen molar-refractivity contribution in [1.82, 2.24) is 5.32 Å². The Morgan fingerprint density at radius 3 is 2.56 bits per heavy atom. The van der Waals surface area contributed by atoms with Crippen LogP contribution >= 0.6 is 0 Å². The van der Waals surface area contributed by atoms with Gasteiger partial charge in [0.05, 0.1) is 12.1 Å².